The molecule has 0 unspecified atom stereocenters. The molecule has 2 fully saturated rings. The SMILES string of the molecule is C=C(C(=O)OCC)C1CCC(C2CCC(/C=C/C)CC2)CC1. The van der Waals surface area contributed by atoms with Gasteiger partial charge in [-0.25, -0.2) is 4.79 Å². The van der Waals surface area contributed by atoms with Crippen molar-refractivity contribution in [3.8, 4) is 0 Å². The highest BCUT2D eigenvalue weighted by molar-refractivity contribution is 5.88. The zero-order valence-corrected chi connectivity index (χ0v) is 14.4. The molecule has 2 aliphatic carbocycles. The van der Waals surface area contributed by atoms with Crippen LogP contribution in [0.5, 0.6) is 0 Å². The van der Waals surface area contributed by atoms with Crippen LogP contribution in [-0.4, -0.2) is 12.6 Å². The van der Waals surface area contributed by atoms with E-state index in [-0.39, 0.29) is 5.97 Å². The molecule has 0 radical (unpaired) electrons. The molecule has 0 spiro atoms. The monoisotopic (exact) mass is 304 g/mol. The van der Waals surface area contributed by atoms with Crippen molar-refractivity contribution in [2.45, 2.75) is 65.2 Å². The first-order chi connectivity index (χ1) is 10.7. The van der Waals surface area contributed by atoms with Crippen molar-refractivity contribution < 1.29 is 9.53 Å². The summed E-state index contributed by atoms with van der Waals surface area (Å²) in [5.41, 5.74) is 0.706. The van der Waals surface area contributed by atoms with Crippen LogP contribution in [0, 0.1) is 23.7 Å². The van der Waals surface area contributed by atoms with Crippen molar-refractivity contribution in [3.05, 3.63) is 24.3 Å². The molecule has 0 aromatic rings. The Morgan fingerprint density at radius 2 is 1.59 bits per heavy atom. The second kappa shape index (κ2) is 8.55. The summed E-state index contributed by atoms with van der Waals surface area (Å²) < 4.78 is 5.09. The molecular formula is C20H32O2. The highest BCUT2D eigenvalue weighted by atomic mass is 16.5. The molecule has 124 valence electrons. The van der Waals surface area contributed by atoms with Gasteiger partial charge < -0.3 is 4.74 Å². The fraction of sp³-hybridized carbons (Fsp3) is 0.750. The van der Waals surface area contributed by atoms with E-state index in [1.165, 1.54) is 38.5 Å². The highest BCUT2D eigenvalue weighted by Gasteiger charge is 2.32. The van der Waals surface area contributed by atoms with Gasteiger partial charge in [-0.3, -0.25) is 0 Å². The van der Waals surface area contributed by atoms with Crippen molar-refractivity contribution in [1.82, 2.24) is 0 Å². The standard InChI is InChI=1S/C20H32O2/c1-4-6-16-7-9-18(10-8-16)19-13-11-17(12-14-19)15(3)20(21)22-5-2/h4,6,16-19H,3,5,7-14H2,1-2H3/b6-4+. The van der Waals surface area contributed by atoms with E-state index in [9.17, 15) is 4.79 Å². The molecule has 2 nitrogen and oxygen atoms in total. The van der Waals surface area contributed by atoms with Crippen molar-refractivity contribution >= 4 is 5.97 Å². The van der Waals surface area contributed by atoms with E-state index in [2.05, 4.69) is 25.7 Å². The maximum Gasteiger partial charge on any atom is 0.333 e. The maximum atomic E-state index is 11.8. The van der Waals surface area contributed by atoms with Gasteiger partial charge in [-0.2, -0.15) is 0 Å². The minimum atomic E-state index is -0.183. The molecule has 2 saturated carbocycles. The van der Waals surface area contributed by atoms with Gasteiger partial charge in [0.25, 0.3) is 0 Å². The minimum absolute atomic E-state index is 0.183. The third-order valence-electron chi connectivity index (χ3n) is 5.75. The summed E-state index contributed by atoms with van der Waals surface area (Å²) in [5, 5.41) is 0. The van der Waals surface area contributed by atoms with Gasteiger partial charge in [-0.1, -0.05) is 18.7 Å². The molecule has 0 N–H and O–H groups in total. The molecule has 0 heterocycles. The maximum absolute atomic E-state index is 11.8. The van der Waals surface area contributed by atoms with Gasteiger partial charge in [0.1, 0.15) is 0 Å². The molecule has 0 aromatic heterocycles. The van der Waals surface area contributed by atoms with Crippen molar-refractivity contribution in [3.63, 3.8) is 0 Å². The van der Waals surface area contributed by atoms with Gasteiger partial charge in [-0.05, 0) is 88.9 Å². The van der Waals surface area contributed by atoms with Crippen LogP contribution < -0.4 is 0 Å². The first kappa shape index (κ1) is 17.3. The molecule has 0 aromatic carbocycles. The minimum Gasteiger partial charge on any atom is -0.463 e. The quantitative estimate of drug-likeness (QED) is 0.391. The van der Waals surface area contributed by atoms with Gasteiger partial charge in [0.15, 0.2) is 0 Å². The van der Waals surface area contributed by atoms with Crippen LogP contribution >= 0.6 is 0 Å². The molecule has 0 bridgehead atoms. The lowest BCUT2D eigenvalue weighted by Gasteiger charge is -2.37. The van der Waals surface area contributed by atoms with Gasteiger partial charge >= 0.3 is 5.97 Å². The summed E-state index contributed by atoms with van der Waals surface area (Å²) >= 11 is 0. The Hall–Kier alpha value is -1.05. The Labute approximate surface area is 136 Å². The zero-order chi connectivity index (χ0) is 15.9. The lowest BCUT2D eigenvalue weighted by atomic mass is 9.68. The summed E-state index contributed by atoms with van der Waals surface area (Å²) in [7, 11) is 0. The molecule has 0 atom stereocenters. The number of esters is 1. The molecule has 0 amide bonds. The first-order valence-corrected chi connectivity index (χ1v) is 9.14. The van der Waals surface area contributed by atoms with Crippen molar-refractivity contribution in [2.24, 2.45) is 23.7 Å². The van der Waals surface area contributed by atoms with Crippen molar-refractivity contribution in [1.29, 1.82) is 0 Å². The summed E-state index contributed by atoms with van der Waals surface area (Å²) in [6.07, 6.45) is 14.9. The summed E-state index contributed by atoms with van der Waals surface area (Å²) in [4.78, 5) is 11.8. The average molecular weight is 304 g/mol. The van der Waals surface area contributed by atoms with Gasteiger partial charge in [0, 0.05) is 5.57 Å². The number of carbonyl (C=O) groups excluding carboxylic acids is 1. The number of rotatable bonds is 5. The third-order valence-corrected chi connectivity index (χ3v) is 5.75. The van der Waals surface area contributed by atoms with Crippen LogP contribution in [0.15, 0.2) is 24.3 Å². The normalized spacial score (nSPS) is 32.8. The molecule has 22 heavy (non-hydrogen) atoms. The molecule has 2 aliphatic rings. The summed E-state index contributed by atoms with van der Waals surface area (Å²) in [6.45, 7) is 8.41. The largest absolute Gasteiger partial charge is 0.463 e. The van der Waals surface area contributed by atoms with Crippen LogP contribution in [0.1, 0.15) is 65.2 Å². The van der Waals surface area contributed by atoms with E-state index in [0.29, 0.717) is 18.1 Å². The van der Waals surface area contributed by atoms with E-state index in [1.807, 2.05) is 6.92 Å². The summed E-state index contributed by atoms with van der Waals surface area (Å²) in [6, 6.07) is 0. The smallest absolute Gasteiger partial charge is 0.333 e. The van der Waals surface area contributed by atoms with Crippen LogP contribution in [0.3, 0.4) is 0 Å². The number of allylic oxidation sites excluding steroid dienone is 2. The van der Waals surface area contributed by atoms with E-state index in [1.54, 1.807) is 0 Å². The lowest BCUT2D eigenvalue weighted by Crippen LogP contribution is -2.27. The number of ether oxygens (including phenoxy) is 1. The van der Waals surface area contributed by atoms with Crippen LogP contribution in [0.2, 0.25) is 0 Å². The van der Waals surface area contributed by atoms with Gasteiger partial charge in [-0.15, -0.1) is 0 Å². The first-order valence-electron chi connectivity index (χ1n) is 9.14. The van der Waals surface area contributed by atoms with E-state index < -0.39 is 0 Å². The predicted molar refractivity (Wildman–Crippen MR) is 91.5 cm³/mol. The summed E-state index contributed by atoms with van der Waals surface area (Å²) in [5.74, 6) is 2.78. The molecule has 2 rings (SSSR count). The lowest BCUT2D eigenvalue weighted by molar-refractivity contribution is -0.139. The second-order valence-corrected chi connectivity index (χ2v) is 7.06. The Morgan fingerprint density at radius 1 is 1.05 bits per heavy atom. The van der Waals surface area contributed by atoms with E-state index in [0.717, 1.165) is 30.6 Å². The average Bonchev–Trinajstić information content (AvgIpc) is 2.55. The Balaban J connectivity index is 1.76. The molecule has 2 heteroatoms. The van der Waals surface area contributed by atoms with E-state index in [4.69, 9.17) is 4.74 Å². The predicted octanol–water partition coefficient (Wildman–Crippen LogP) is 5.29. The van der Waals surface area contributed by atoms with Crippen molar-refractivity contribution in [2.75, 3.05) is 6.61 Å². The molecular weight excluding hydrogens is 272 g/mol. The Morgan fingerprint density at radius 3 is 2.09 bits per heavy atom. The second-order valence-electron chi connectivity index (χ2n) is 7.06. The topological polar surface area (TPSA) is 26.3 Å². The van der Waals surface area contributed by atoms with Gasteiger partial charge in [0.05, 0.1) is 6.61 Å². The Kier molecular flexibility index (Phi) is 6.72. The van der Waals surface area contributed by atoms with Crippen LogP contribution in [-0.2, 0) is 9.53 Å². The zero-order valence-electron chi connectivity index (χ0n) is 14.4. The number of hydrogen-bond acceptors (Lipinski definition) is 2. The highest BCUT2D eigenvalue weighted by Crippen LogP contribution is 2.42. The fourth-order valence-electron chi connectivity index (χ4n) is 4.41. The third kappa shape index (κ3) is 4.47. The number of carbonyl (C=O) groups is 1. The van der Waals surface area contributed by atoms with Crippen LogP contribution in [0.4, 0.5) is 0 Å². The Bertz CT molecular complexity index is 394. The molecule has 0 aliphatic heterocycles. The van der Waals surface area contributed by atoms with Crippen LogP contribution in [0.25, 0.3) is 0 Å². The number of hydrogen-bond donors (Lipinski definition) is 0. The van der Waals surface area contributed by atoms with Gasteiger partial charge in [0.2, 0.25) is 0 Å². The fourth-order valence-corrected chi connectivity index (χ4v) is 4.41. The molecule has 0 saturated heterocycles. The van der Waals surface area contributed by atoms with E-state index >= 15 is 0 Å².